The number of aliphatic hydroxyl groups is 2. The summed E-state index contributed by atoms with van der Waals surface area (Å²) in [7, 11) is 2.11. The highest BCUT2D eigenvalue weighted by molar-refractivity contribution is 6.11. The summed E-state index contributed by atoms with van der Waals surface area (Å²) in [5, 5.41) is 17.9. The first kappa shape index (κ1) is 7.10. The molecule has 0 spiro atoms. The molecule has 1 aliphatic carbocycles. The van der Waals surface area contributed by atoms with Crippen molar-refractivity contribution in [2.45, 2.75) is 24.8 Å². The summed E-state index contributed by atoms with van der Waals surface area (Å²) in [5.41, 5.74) is 0. The van der Waals surface area contributed by atoms with E-state index in [0.29, 0.717) is 5.82 Å². The van der Waals surface area contributed by atoms with Crippen LogP contribution in [0.1, 0.15) is 12.8 Å². The zero-order chi connectivity index (χ0) is 6.85. The van der Waals surface area contributed by atoms with E-state index in [2.05, 4.69) is 7.85 Å². The predicted octanol–water partition coefficient (Wildman–Crippen LogP) is -0.829. The highest BCUT2D eigenvalue weighted by atomic mass is 16.3. The van der Waals surface area contributed by atoms with Crippen molar-refractivity contribution in [3.63, 3.8) is 0 Å². The molecule has 0 bridgehead atoms. The zero-order valence-electron chi connectivity index (χ0n) is 5.75. The molecule has 1 saturated carbocycles. The molecular formula is C6H13BO2. The van der Waals surface area contributed by atoms with Crippen LogP contribution in [0.25, 0.3) is 0 Å². The minimum atomic E-state index is -0.245. The second-order valence-electron chi connectivity index (χ2n) is 3.09. The lowest BCUT2D eigenvalue weighted by atomic mass is 9.85. The van der Waals surface area contributed by atoms with Crippen molar-refractivity contribution in [3.8, 4) is 0 Å². The van der Waals surface area contributed by atoms with E-state index in [1.54, 1.807) is 0 Å². The van der Waals surface area contributed by atoms with Crippen LogP contribution in [-0.4, -0.2) is 30.8 Å². The number of hydrogen-bond acceptors (Lipinski definition) is 2. The molecular weight excluding hydrogens is 115 g/mol. The number of rotatable bonds is 1. The van der Waals surface area contributed by atoms with E-state index in [0.717, 1.165) is 12.8 Å². The Balaban J connectivity index is 2.38. The van der Waals surface area contributed by atoms with Gasteiger partial charge in [0.05, 0.1) is 6.10 Å². The van der Waals surface area contributed by atoms with E-state index >= 15 is 0 Å². The smallest absolute Gasteiger partial charge is 0.105 e. The maximum absolute atomic E-state index is 9.20. The van der Waals surface area contributed by atoms with Gasteiger partial charge in [0, 0.05) is 12.5 Å². The Morgan fingerprint density at radius 3 is 2.33 bits per heavy atom. The molecule has 0 saturated heterocycles. The molecule has 52 valence electrons. The van der Waals surface area contributed by atoms with Gasteiger partial charge in [-0.25, -0.2) is 0 Å². The van der Waals surface area contributed by atoms with E-state index < -0.39 is 0 Å². The Morgan fingerprint density at radius 1 is 1.44 bits per heavy atom. The molecule has 0 aromatic rings. The lowest BCUT2D eigenvalue weighted by molar-refractivity contribution is 0.0909. The molecule has 2 nitrogen and oxygen atoms in total. The first-order valence-electron chi connectivity index (χ1n) is 3.53. The quantitative estimate of drug-likeness (QED) is 0.452. The Morgan fingerprint density at radius 2 is 2.11 bits per heavy atom. The van der Waals surface area contributed by atoms with Gasteiger partial charge >= 0.3 is 0 Å². The monoisotopic (exact) mass is 128 g/mol. The van der Waals surface area contributed by atoms with Crippen molar-refractivity contribution >= 4 is 7.85 Å². The zero-order valence-corrected chi connectivity index (χ0v) is 5.75. The van der Waals surface area contributed by atoms with Gasteiger partial charge in [-0.2, -0.15) is 0 Å². The van der Waals surface area contributed by atoms with Gasteiger partial charge < -0.3 is 10.2 Å². The Labute approximate surface area is 56.3 Å². The van der Waals surface area contributed by atoms with Gasteiger partial charge in [0.1, 0.15) is 7.85 Å². The summed E-state index contributed by atoms with van der Waals surface area (Å²) in [5.74, 6) is 0.747. The van der Waals surface area contributed by atoms with Crippen LogP contribution in [0.3, 0.4) is 0 Å². The highest BCUT2D eigenvalue weighted by Gasteiger charge is 2.29. The van der Waals surface area contributed by atoms with Gasteiger partial charge in [-0.1, -0.05) is 12.2 Å². The first-order chi connectivity index (χ1) is 4.24. The standard InChI is InChI=1S/C6H13BO2/c7-5-1-4(3-8)6(9)2-5/h4-6,8-9H,1-3,7H2/t4-,5-,6-/m1/s1. The van der Waals surface area contributed by atoms with Gasteiger partial charge in [0.25, 0.3) is 0 Å². The van der Waals surface area contributed by atoms with Gasteiger partial charge in [0.2, 0.25) is 0 Å². The fourth-order valence-corrected chi connectivity index (χ4v) is 1.57. The van der Waals surface area contributed by atoms with E-state index in [1.165, 1.54) is 0 Å². The Hall–Kier alpha value is -0.0151. The average Bonchev–Trinajstić information content (AvgIpc) is 2.10. The molecule has 2 N–H and O–H groups in total. The molecule has 0 aromatic heterocycles. The van der Waals surface area contributed by atoms with E-state index in [1.807, 2.05) is 0 Å². The summed E-state index contributed by atoms with van der Waals surface area (Å²) < 4.78 is 0. The van der Waals surface area contributed by atoms with Gasteiger partial charge in [-0.05, 0) is 6.42 Å². The lowest BCUT2D eigenvalue weighted by Gasteiger charge is -2.08. The summed E-state index contributed by atoms with van der Waals surface area (Å²) >= 11 is 0. The predicted molar refractivity (Wildman–Crippen MR) is 38.1 cm³/mol. The molecule has 0 amide bonds. The molecule has 1 rings (SSSR count). The minimum Gasteiger partial charge on any atom is -0.396 e. The first-order valence-corrected chi connectivity index (χ1v) is 3.53. The molecule has 9 heavy (non-hydrogen) atoms. The molecule has 3 heteroatoms. The molecule has 0 radical (unpaired) electrons. The third-order valence-electron chi connectivity index (χ3n) is 2.13. The summed E-state index contributed by atoms with van der Waals surface area (Å²) in [6.45, 7) is 0.144. The topological polar surface area (TPSA) is 40.5 Å². The van der Waals surface area contributed by atoms with Gasteiger partial charge in [0.15, 0.2) is 0 Å². The third-order valence-corrected chi connectivity index (χ3v) is 2.13. The number of hydrogen-bond donors (Lipinski definition) is 2. The third kappa shape index (κ3) is 1.46. The highest BCUT2D eigenvalue weighted by Crippen LogP contribution is 2.32. The number of aliphatic hydroxyl groups excluding tert-OH is 2. The van der Waals surface area contributed by atoms with Crippen LogP contribution in [0.15, 0.2) is 0 Å². The van der Waals surface area contributed by atoms with Crippen molar-refractivity contribution in [1.82, 2.24) is 0 Å². The van der Waals surface area contributed by atoms with Crippen molar-refractivity contribution in [1.29, 1.82) is 0 Å². The molecule has 0 unspecified atom stereocenters. The van der Waals surface area contributed by atoms with Crippen molar-refractivity contribution < 1.29 is 10.2 Å². The maximum Gasteiger partial charge on any atom is 0.105 e. The Kier molecular flexibility index (Phi) is 2.14. The fraction of sp³-hybridized carbons (Fsp3) is 1.00. The minimum absolute atomic E-state index is 0.144. The second-order valence-corrected chi connectivity index (χ2v) is 3.09. The lowest BCUT2D eigenvalue weighted by Crippen LogP contribution is -2.16. The van der Waals surface area contributed by atoms with Crippen molar-refractivity contribution in [3.05, 3.63) is 0 Å². The largest absolute Gasteiger partial charge is 0.396 e. The molecule has 3 atom stereocenters. The SMILES string of the molecule is B[C@@H]1C[C@H](CO)[C@H](O)C1. The van der Waals surface area contributed by atoms with Gasteiger partial charge in [-0.15, -0.1) is 0 Å². The van der Waals surface area contributed by atoms with Crippen molar-refractivity contribution in [2.75, 3.05) is 6.61 Å². The molecule has 1 fully saturated rings. The average molecular weight is 128 g/mol. The second kappa shape index (κ2) is 2.71. The van der Waals surface area contributed by atoms with Crippen LogP contribution in [0.2, 0.25) is 5.82 Å². The van der Waals surface area contributed by atoms with Gasteiger partial charge in [-0.3, -0.25) is 0 Å². The molecule has 0 aliphatic heterocycles. The molecule has 1 aliphatic rings. The molecule has 0 heterocycles. The van der Waals surface area contributed by atoms with Crippen LogP contribution in [0.4, 0.5) is 0 Å². The van der Waals surface area contributed by atoms with E-state index in [4.69, 9.17) is 5.11 Å². The van der Waals surface area contributed by atoms with Crippen LogP contribution >= 0.6 is 0 Å². The maximum atomic E-state index is 9.20. The summed E-state index contributed by atoms with van der Waals surface area (Å²) in [6.07, 6.45) is 1.60. The van der Waals surface area contributed by atoms with Crippen LogP contribution < -0.4 is 0 Å². The molecule has 0 aromatic carbocycles. The fourth-order valence-electron chi connectivity index (χ4n) is 1.57. The van der Waals surface area contributed by atoms with Crippen LogP contribution in [0.5, 0.6) is 0 Å². The summed E-state index contributed by atoms with van der Waals surface area (Å²) in [6, 6.07) is 0. The summed E-state index contributed by atoms with van der Waals surface area (Å²) in [4.78, 5) is 0. The van der Waals surface area contributed by atoms with E-state index in [-0.39, 0.29) is 18.6 Å². The normalized spacial score (nSPS) is 43.6. The van der Waals surface area contributed by atoms with E-state index in [9.17, 15) is 5.11 Å². The van der Waals surface area contributed by atoms with Crippen LogP contribution in [-0.2, 0) is 0 Å². The van der Waals surface area contributed by atoms with Crippen molar-refractivity contribution in [2.24, 2.45) is 5.92 Å². The van der Waals surface area contributed by atoms with Crippen LogP contribution in [0, 0.1) is 5.92 Å². The Bertz CT molecular complexity index is 97.1.